The lowest BCUT2D eigenvalue weighted by Gasteiger charge is -2.08. The fraction of sp³-hybridized carbons (Fsp3) is 0.143. The second kappa shape index (κ2) is 6.25. The number of ether oxygens (including phenoxy) is 2. The van der Waals surface area contributed by atoms with Crippen molar-refractivity contribution in [1.29, 1.82) is 0 Å². The van der Waals surface area contributed by atoms with E-state index in [4.69, 9.17) is 21.1 Å². The first kappa shape index (κ1) is 14.1. The molecule has 0 aromatic heterocycles. The van der Waals surface area contributed by atoms with Gasteiger partial charge < -0.3 is 9.47 Å². The third-order valence-corrected chi connectivity index (χ3v) is 2.97. The van der Waals surface area contributed by atoms with E-state index in [1.165, 1.54) is 6.07 Å². The van der Waals surface area contributed by atoms with E-state index in [2.05, 4.69) is 0 Å². The number of nitro benzene ring substituents is 1. The van der Waals surface area contributed by atoms with E-state index in [1.807, 2.05) is 0 Å². The molecule has 5 nitrogen and oxygen atoms in total. The van der Waals surface area contributed by atoms with Crippen molar-refractivity contribution in [1.82, 2.24) is 0 Å². The summed E-state index contributed by atoms with van der Waals surface area (Å²) in [4.78, 5) is 10.3. The van der Waals surface area contributed by atoms with E-state index < -0.39 is 4.92 Å². The van der Waals surface area contributed by atoms with Crippen molar-refractivity contribution >= 4 is 17.3 Å². The summed E-state index contributed by atoms with van der Waals surface area (Å²) in [5.74, 6) is 1.88. The zero-order chi connectivity index (χ0) is 14.5. The molecule has 6 heteroatoms. The van der Waals surface area contributed by atoms with E-state index in [-0.39, 0.29) is 11.6 Å². The van der Waals surface area contributed by atoms with Gasteiger partial charge in [0, 0.05) is 11.6 Å². The molecule has 0 fully saturated rings. The lowest BCUT2D eigenvalue weighted by Crippen LogP contribution is -1.94. The maximum atomic E-state index is 10.8. The first-order valence-electron chi connectivity index (χ1n) is 5.79. The number of hydrogen-bond donors (Lipinski definition) is 0. The number of benzene rings is 2. The summed E-state index contributed by atoms with van der Waals surface area (Å²) >= 11 is 5.71. The first-order valence-corrected chi connectivity index (χ1v) is 6.32. The molecule has 0 aliphatic carbocycles. The van der Waals surface area contributed by atoms with Gasteiger partial charge in [-0.1, -0.05) is 0 Å². The van der Waals surface area contributed by atoms with Crippen LogP contribution in [0.4, 0.5) is 5.69 Å². The minimum Gasteiger partial charge on any atom is -0.497 e. The third kappa shape index (κ3) is 3.19. The Morgan fingerprint density at radius 3 is 2.25 bits per heavy atom. The van der Waals surface area contributed by atoms with Crippen LogP contribution in [0.1, 0.15) is 5.56 Å². The number of nitro groups is 1. The molecule has 0 unspecified atom stereocenters. The second-order valence-corrected chi connectivity index (χ2v) is 4.23. The molecule has 0 heterocycles. The minimum absolute atomic E-state index is 0.0120. The van der Waals surface area contributed by atoms with Crippen LogP contribution in [0.15, 0.2) is 42.5 Å². The van der Waals surface area contributed by atoms with Crippen LogP contribution in [0.25, 0.3) is 0 Å². The molecule has 0 saturated heterocycles. The van der Waals surface area contributed by atoms with Crippen molar-refractivity contribution in [2.75, 3.05) is 7.11 Å². The smallest absolute Gasteiger partial charge is 0.274 e. The van der Waals surface area contributed by atoms with Gasteiger partial charge in [0.15, 0.2) is 0 Å². The molecule has 0 bridgehead atoms. The number of alkyl halides is 1. The highest BCUT2D eigenvalue weighted by molar-refractivity contribution is 6.17. The summed E-state index contributed by atoms with van der Waals surface area (Å²) in [5.41, 5.74) is 0.407. The van der Waals surface area contributed by atoms with Crippen molar-refractivity contribution in [3.63, 3.8) is 0 Å². The fourth-order valence-electron chi connectivity index (χ4n) is 1.69. The topological polar surface area (TPSA) is 61.6 Å². The molecule has 2 aromatic carbocycles. The number of methoxy groups -OCH3 is 1. The fourth-order valence-corrected chi connectivity index (χ4v) is 1.90. The Bertz CT molecular complexity index is 613. The molecule has 20 heavy (non-hydrogen) atoms. The SMILES string of the molecule is COc1ccc(Oc2ccc([N+](=O)[O-])c(CCl)c2)cc1. The summed E-state index contributed by atoms with van der Waals surface area (Å²) in [6.07, 6.45) is 0. The summed E-state index contributed by atoms with van der Waals surface area (Å²) < 4.78 is 10.7. The number of nitrogens with zero attached hydrogens (tertiary/aromatic N) is 1. The molecule has 0 radical (unpaired) electrons. The largest absolute Gasteiger partial charge is 0.497 e. The Labute approximate surface area is 120 Å². The van der Waals surface area contributed by atoms with Gasteiger partial charge in [-0.2, -0.15) is 0 Å². The van der Waals surface area contributed by atoms with Gasteiger partial charge in [0.2, 0.25) is 0 Å². The van der Waals surface area contributed by atoms with E-state index in [1.54, 1.807) is 43.5 Å². The van der Waals surface area contributed by atoms with Gasteiger partial charge in [-0.15, -0.1) is 11.6 Å². The molecular weight excluding hydrogens is 282 g/mol. The highest BCUT2D eigenvalue weighted by Crippen LogP contribution is 2.29. The van der Waals surface area contributed by atoms with Gasteiger partial charge in [-0.05, 0) is 36.4 Å². The molecule has 0 N–H and O–H groups in total. The lowest BCUT2D eigenvalue weighted by atomic mass is 10.2. The summed E-state index contributed by atoms with van der Waals surface area (Å²) in [5, 5.41) is 10.8. The number of hydrogen-bond acceptors (Lipinski definition) is 4. The van der Waals surface area contributed by atoms with Crippen LogP contribution in [0.5, 0.6) is 17.2 Å². The summed E-state index contributed by atoms with van der Waals surface area (Å²) in [6, 6.07) is 11.5. The normalized spacial score (nSPS) is 10.1. The van der Waals surface area contributed by atoms with E-state index in [0.717, 1.165) is 5.75 Å². The van der Waals surface area contributed by atoms with Gasteiger partial charge in [0.1, 0.15) is 17.2 Å². The van der Waals surface area contributed by atoms with Crippen molar-refractivity contribution < 1.29 is 14.4 Å². The van der Waals surface area contributed by atoms with Crippen molar-refractivity contribution in [3.05, 3.63) is 58.1 Å². The van der Waals surface area contributed by atoms with E-state index in [9.17, 15) is 10.1 Å². The molecule has 0 amide bonds. The molecular formula is C14H12ClNO4. The molecule has 0 spiro atoms. The van der Waals surface area contributed by atoms with Crippen LogP contribution < -0.4 is 9.47 Å². The first-order chi connectivity index (χ1) is 9.63. The van der Waals surface area contributed by atoms with Gasteiger partial charge in [0.05, 0.1) is 17.9 Å². The Kier molecular flexibility index (Phi) is 4.42. The average Bonchev–Trinajstić information content (AvgIpc) is 2.47. The van der Waals surface area contributed by atoms with Gasteiger partial charge >= 0.3 is 0 Å². The van der Waals surface area contributed by atoms with Crippen molar-refractivity contribution in [2.45, 2.75) is 5.88 Å². The highest BCUT2D eigenvalue weighted by atomic mass is 35.5. The zero-order valence-corrected chi connectivity index (χ0v) is 11.5. The van der Waals surface area contributed by atoms with Crippen LogP contribution in [-0.2, 0) is 5.88 Å². The molecule has 0 aliphatic heterocycles. The Balaban J connectivity index is 2.22. The van der Waals surface area contributed by atoms with Crippen molar-refractivity contribution in [3.8, 4) is 17.2 Å². The maximum Gasteiger partial charge on any atom is 0.274 e. The molecule has 0 aliphatic rings. The van der Waals surface area contributed by atoms with Crippen molar-refractivity contribution in [2.24, 2.45) is 0 Å². The Morgan fingerprint density at radius 2 is 1.70 bits per heavy atom. The van der Waals surface area contributed by atoms with E-state index in [0.29, 0.717) is 17.1 Å². The van der Waals surface area contributed by atoms with Gasteiger partial charge in [-0.3, -0.25) is 10.1 Å². The number of halogens is 1. The van der Waals surface area contributed by atoms with E-state index >= 15 is 0 Å². The lowest BCUT2D eigenvalue weighted by molar-refractivity contribution is -0.385. The zero-order valence-electron chi connectivity index (χ0n) is 10.7. The average molecular weight is 294 g/mol. The van der Waals surface area contributed by atoms with Crippen LogP contribution in [0, 0.1) is 10.1 Å². The number of rotatable bonds is 5. The van der Waals surface area contributed by atoms with Crippen LogP contribution in [0.2, 0.25) is 0 Å². The van der Waals surface area contributed by atoms with Crippen LogP contribution in [-0.4, -0.2) is 12.0 Å². The van der Waals surface area contributed by atoms with Crippen LogP contribution in [0.3, 0.4) is 0 Å². The Morgan fingerprint density at radius 1 is 1.10 bits per heavy atom. The molecule has 0 atom stereocenters. The molecule has 104 valence electrons. The quantitative estimate of drug-likeness (QED) is 0.472. The van der Waals surface area contributed by atoms with Gasteiger partial charge in [0.25, 0.3) is 5.69 Å². The second-order valence-electron chi connectivity index (χ2n) is 3.96. The molecule has 2 rings (SSSR count). The summed E-state index contributed by atoms with van der Waals surface area (Å²) in [6.45, 7) is 0. The third-order valence-electron chi connectivity index (χ3n) is 2.69. The minimum atomic E-state index is -0.463. The maximum absolute atomic E-state index is 10.8. The monoisotopic (exact) mass is 293 g/mol. The predicted molar refractivity (Wildman–Crippen MR) is 75.7 cm³/mol. The predicted octanol–water partition coefficient (Wildman–Crippen LogP) is 4.13. The molecule has 0 saturated carbocycles. The highest BCUT2D eigenvalue weighted by Gasteiger charge is 2.13. The standard InChI is InChI=1S/C14H12ClNO4/c1-19-11-2-4-12(5-3-11)20-13-6-7-14(16(17)18)10(8-13)9-15/h2-8H,9H2,1H3. The van der Waals surface area contributed by atoms with Gasteiger partial charge in [-0.25, -0.2) is 0 Å². The van der Waals surface area contributed by atoms with Crippen LogP contribution >= 0.6 is 11.6 Å². The summed E-state index contributed by atoms with van der Waals surface area (Å²) in [7, 11) is 1.58. The molecule has 2 aromatic rings. The Hall–Kier alpha value is -2.27.